The van der Waals surface area contributed by atoms with Gasteiger partial charge < -0.3 is 9.64 Å². The minimum Gasteiger partial charge on any atom is -0.381 e. The monoisotopic (exact) mass is 430 g/mol. The Hall–Kier alpha value is -1.58. The molecule has 1 spiro atoms. The van der Waals surface area contributed by atoms with Gasteiger partial charge in [0.2, 0.25) is 0 Å². The Labute approximate surface area is 188 Å². The van der Waals surface area contributed by atoms with Crippen molar-refractivity contribution in [1.82, 2.24) is 4.90 Å². The number of benzene rings is 1. The highest BCUT2D eigenvalue weighted by Crippen LogP contribution is 2.40. The van der Waals surface area contributed by atoms with Gasteiger partial charge >= 0.3 is 0 Å². The summed E-state index contributed by atoms with van der Waals surface area (Å²) < 4.78 is 5.67. The van der Waals surface area contributed by atoms with Crippen molar-refractivity contribution in [2.45, 2.75) is 66.7 Å². The molecule has 2 heterocycles. The van der Waals surface area contributed by atoms with Crippen molar-refractivity contribution in [2.24, 2.45) is 10.4 Å². The Morgan fingerprint density at radius 1 is 1.23 bits per heavy atom. The molecule has 2 fully saturated rings. The van der Waals surface area contributed by atoms with E-state index in [1.807, 2.05) is 32.2 Å². The topological polar surface area (TPSA) is 24.8 Å². The lowest BCUT2D eigenvalue weighted by molar-refractivity contribution is 0.0939. The zero-order valence-corrected chi connectivity index (χ0v) is 20.3. The van der Waals surface area contributed by atoms with Gasteiger partial charge in [-0.05, 0) is 73.3 Å². The van der Waals surface area contributed by atoms with E-state index in [4.69, 9.17) is 21.3 Å². The number of hydrogen-bond acceptors (Lipinski definition) is 3. The zero-order chi connectivity index (χ0) is 22.1. The smallest absolute Gasteiger partial charge is 0.127 e. The molecule has 2 saturated heterocycles. The zero-order valence-electron chi connectivity index (χ0n) is 19.6. The van der Waals surface area contributed by atoms with Gasteiger partial charge in [-0.3, -0.25) is 0 Å². The summed E-state index contributed by atoms with van der Waals surface area (Å²) in [7, 11) is 0. The van der Waals surface area contributed by atoms with Gasteiger partial charge in [-0.2, -0.15) is 0 Å². The first-order chi connectivity index (χ1) is 14.5. The third-order valence-corrected chi connectivity index (χ3v) is 6.42. The first-order valence-corrected chi connectivity index (χ1v) is 11.8. The molecule has 0 N–H and O–H groups in total. The Morgan fingerprint density at radius 3 is 2.50 bits per heavy atom. The predicted molar refractivity (Wildman–Crippen MR) is 131 cm³/mol. The van der Waals surface area contributed by atoms with Gasteiger partial charge in [0.15, 0.2) is 0 Å². The van der Waals surface area contributed by atoms with Gasteiger partial charge in [-0.1, -0.05) is 57.5 Å². The summed E-state index contributed by atoms with van der Waals surface area (Å²) in [5, 5.41) is 0.816. The number of allylic oxidation sites excluding steroid dienone is 2. The van der Waals surface area contributed by atoms with Gasteiger partial charge in [0.05, 0.1) is 6.61 Å². The predicted octanol–water partition coefficient (Wildman–Crippen LogP) is 7.16. The second-order valence-electron chi connectivity index (χ2n) is 8.41. The van der Waals surface area contributed by atoms with Crippen molar-refractivity contribution >= 4 is 23.4 Å². The summed E-state index contributed by atoms with van der Waals surface area (Å²) >= 11 is 6.43. The number of piperidine rings is 1. The fraction of sp³-hybridized carbons (Fsp3) is 0.577. The average Bonchev–Trinajstić information content (AvgIpc) is 3.20. The lowest BCUT2D eigenvalue weighted by Gasteiger charge is -2.39. The van der Waals surface area contributed by atoms with Crippen LogP contribution in [-0.4, -0.2) is 37.4 Å². The first kappa shape index (κ1) is 24.7. The summed E-state index contributed by atoms with van der Waals surface area (Å²) in [6.07, 6.45) is 7.51. The van der Waals surface area contributed by atoms with Gasteiger partial charge in [-0.15, -0.1) is 0 Å². The molecule has 0 bridgehead atoms. The first-order valence-electron chi connectivity index (χ1n) is 11.5. The summed E-state index contributed by atoms with van der Waals surface area (Å²) in [5.74, 6) is 1.08. The Kier molecular flexibility index (Phi) is 9.64. The molecule has 2 aliphatic heterocycles. The summed E-state index contributed by atoms with van der Waals surface area (Å²) in [6.45, 7) is 18.7. The van der Waals surface area contributed by atoms with Crippen molar-refractivity contribution in [1.29, 1.82) is 0 Å². The van der Waals surface area contributed by atoms with Crippen LogP contribution in [0.15, 0.2) is 41.2 Å². The maximum Gasteiger partial charge on any atom is 0.127 e. The highest BCUT2D eigenvalue weighted by Gasteiger charge is 2.38. The molecule has 4 heteroatoms. The third kappa shape index (κ3) is 5.98. The fourth-order valence-electron chi connectivity index (χ4n) is 4.34. The number of aliphatic imine (C=N–C) groups is 1. The van der Waals surface area contributed by atoms with Crippen LogP contribution in [0.3, 0.4) is 0 Å². The van der Waals surface area contributed by atoms with Crippen molar-refractivity contribution in [3.05, 3.63) is 52.3 Å². The lowest BCUT2D eigenvalue weighted by atomic mass is 9.78. The van der Waals surface area contributed by atoms with E-state index in [1.54, 1.807) is 0 Å². The molecule has 0 unspecified atom stereocenters. The van der Waals surface area contributed by atoms with Crippen LogP contribution < -0.4 is 0 Å². The van der Waals surface area contributed by atoms with Gasteiger partial charge in [0.1, 0.15) is 5.82 Å². The van der Waals surface area contributed by atoms with E-state index in [9.17, 15) is 0 Å². The number of likely N-dealkylation sites (tertiary alicyclic amines) is 1. The Bertz CT molecular complexity index is 761. The molecule has 3 rings (SSSR count). The van der Waals surface area contributed by atoms with E-state index >= 15 is 0 Å². The molecule has 3 nitrogen and oxygen atoms in total. The molecule has 166 valence electrons. The third-order valence-electron chi connectivity index (χ3n) is 6.06. The van der Waals surface area contributed by atoms with Crippen molar-refractivity contribution in [3.8, 4) is 0 Å². The summed E-state index contributed by atoms with van der Waals surface area (Å²) in [4.78, 5) is 7.30. The molecule has 0 saturated carbocycles. The van der Waals surface area contributed by atoms with E-state index in [0.29, 0.717) is 5.41 Å². The molecular formula is C26H39ClN2O. The molecule has 0 atom stereocenters. The number of hydrogen-bond donors (Lipinski definition) is 0. The van der Waals surface area contributed by atoms with Crippen LogP contribution in [-0.2, 0) is 11.2 Å². The van der Waals surface area contributed by atoms with Gasteiger partial charge in [-0.25, -0.2) is 4.99 Å². The fourth-order valence-corrected chi connectivity index (χ4v) is 4.60. The largest absolute Gasteiger partial charge is 0.381 e. The highest BCUT2D eigenvalue weighted by molar-refractivity contribution is 6.31. The molecule has 0 radical (unpaired) electrons. The number of nitrogens with zero attached hydrogens (tertiary/aromatic N) is 2. The van der Waals surface area contributed by atoms with Gasteiger partial charge in [0, 0.05) is 30.9 Å². The SMILES string of the molecule is C=C(/C=N\C(=C(C)C)N1CCC2(CCOC2)CC1)c1cccc(Cl)c1CCC.CC. The van der Waals surface area contributed by atoms with E-state index < -0.39 is 0 Å². The number of ether oxygens (including phenoxy) is 1. The molecule has 0 aromatic heterocycles. The van der Waals surface area contributed by atoms with Crippen LogP contribution in [0, 0.1) is 5.41 Å². The van der Waals surface area contributed by atoms with Crippen LogP contribution >= 0.6 is 11.6 Å². The average molecular weight is 431 g/mol. The molecular weight excluding hydrogens is 392 g/mol. The van der Waals surface area contributed by atoms with E-state index in [1.165, 1.54) is 30.4 Å². The molecule has 1 aromatic carbocycles. The minimum absolute atomic E-state index is 0.409. The highest BCUT2D eigenvalue weighted by atomic mass is 35.5. The van der Waals surface area contributed by atoms with Crippen LogP contribution in [0.4, 0.5) is 0 Å². The van der Waals surface area contributed by atoms with Crippen LogP contribution in [0.2, 0.25) is 5.02 Å². The van der Waals surface area contributed by atoms with Crippen LogP contribution in [0.25, 0.3) is 5.57 Å². The Morgan fingerprint density at radius 2 is 1.93 bits per heavy atom. The standard InChI is InChI=1S/C24H33ClN2O.C2H6/c1-5-7-21-20(8-6-9-22(21)25)19(4)16-26-23(18(2)3)27-13-10-24(11-14-27)12-15-28-17-24;1-2/h6,8-9,16H,4-5,7,10-15,17H2,1-3H3;1-2H3/b26-16-;. The molecule has 0 aliphatic carbocycles. The summed E-state index contributed by atoms with van der Waals surface area (Å²) in [6, 6.07) is 6.04. The lowest BCUT2D eigenvalue weighted by Crippen LogP contribution is -2.39. The van der Waals surface area contributed by atoms with Gasteiger partial charge in [0.25, 0.3) is 0 Å². The quantitative estimate of drug-likeness (QED) is 0.447. The molecule has 30 heavy (non-hydrogen) atoms. The Balaban J connectivity index is 0.00000155. The maximum atomic E-state index is 6.43. The minimum atomic E-state index is 0.409. The van der Waals surface area contributed by atoms with Crippen LogP contribution in [0.1, 0.15) is 71.4 Å². The normalized spacial score (nSPS) is 17.7. The number of halogens is 1. The van der Waals surface area contributed by atoms with Crippen molar-refractivity contribution < 1.29 is 4.74 Å². The van der Waals surface area contributed by atoms with Crippen LogP contribution in [0.5, 0.6) is 0 Å². The molecule has 2 aliphatic rings. The molecule has 0 amide bonds. The summed E-state index contributed by atoms with van der Waals surface area (Å²) in [5.41, 5.74) is 4.84. The molecule has 1 aromatic rings. The second-order valence-corrected chi connectivity index (χ2v) is 8.82. The number of rotatable bonds is 6. The van der Waals surface area contributed by atoms with E-state index in [-0.39, 0.29) is 0 Å². The van der Waals surface area contributed by atoms with Crippen molar-refractivity contribution in [2.75, 3.05) is 26.3 Å². The maximum absolute atomic E-state index is 6.43. The van der Waals surface area contributed by atoms with E-state index in [0.717, 1.165) is 61.1 Å². The van der Waals surface area contributed by atoms with Crippen molar-refractivity contribution in [3.63, 3.8) is 0 Å². The second kappa shape index (κ2) is 11.7. The van der Waals surface area contributed by atoms with E-state index in [2.05, 4.69) is 38.3 Å².